The highest BCUT2D eigenvalue weighted by Gasteiger charge is 2.26. The second-order valence-corrected chi connectivity index (χ2v) is 8.16. The van der Waals surface area contributed by atoms with Gasteiger partial charge >= 0.3 is 0 Å². The molecule has 6 nitrogen and oxygen atoms in total. The predicted octanol–water partition coefficient (Wildman–Crippen LogP) is 4.69. The number of ether oxygens (including phenoxy) is 2. The monoisotopic (exact) mass is 437 g/mol. The first-order valence-electron chi connectivity index (χ1n) is 10.5. The number of aromatic nitrogens is 1. The highest BCUT2D eigenvalue weighted by molar-refractivity contribution is 7.80. The number of fused-ring (bicyclic) bond motifs is 1. The van der Waals surface area contributed by atoms with E-state index in [0.717, 1.165) is 35.2 Å². The van der Waals surface area contributed by atoms with Gasteiger partial charge in [0.1, 0.15) is 11.5 Å². The molecule has 1 fully saturated rings. The standard InChI is InChI=1S/C24H27N3O3S/c1-29-19-12-11-16-13-17(23(28)25-21(16)14-19)15-27(18-7-3-4-8-18)24(31)26-20-9-5-6-10-22(20)30-2/h5-6,9-14,18H,3-4,7-8,15H2,1-2H3,(H,25,28)(H,26,31). The summed E-state index contributed by atoms with van der Waals surface area (Å²) in [6, 6.07) is 15.6. The summed E-state index contributed by atoms with van der Waals surface area (Å²) < 4.78 is 10.7. The van der Waals surface area contributed by atoms with Crippen molar-refractivity contribution >= 4 is 33.9 Å². The number of anilines is 1. The van der Waals surface area contributed by atoms with Gasteiger partial charge in [0.2, 0.25) is 0 Å². The molecule has 1 aliphatic carbocycles. The summed E-state index contributed by atoms with van der Waals surface area (Å²) in [4.78, 5) is 18.0. The maximum absolute atomic E-state index is 12.9. The van der Waals surface area contributed by atoms with Gasteiger partial charge in [-0.3, -0.25) is 4.79 Å². The maximum Gasteiger partial charge on any atom is 0.253 e. The van der Waals surface area contributed by atoms with E-state index in [9.17, 15) is 4.79 Å². The average Bonchev–Trinajstić information content (AvgIpc) is 3.32. The second-order valence-electron chi connectivity index (χ2n) is 7.77. The molecule has 2 N–H and O–H groups in total. The van der Waals surface area contributed by atoms with E-state index in [-0.39, 0.29) is 5.56 Å². The van der Waals surface area contributed by atoms with Gasteiger partial charge in [-0.25, -0.2) is 0 Å². The van der Waals surface area contributed by atoms with E-state index in [1.807, 2.05) is 48.5 Å². The molecular formula is C24H27N3O3S. The summed E-state index contributed by atoms with van der Waals surface area (Å²) in [6.45, 7) is 0.447. The minimum Gasteiger partial charge on any atom is -0.497 e. The Kier molecular flexibility index (Phi) is 6.42. The summed E-state index contributed by atoms with van der Waals surface area (Å²) in [5.41, 5.74) is 2.16. The van der Waals surface area contributed by atoms with Crippen LogP contribution in [0, 0.1) is 0 Å². The van der Waals surface area contributed by atoms with Crippen LogP contribution in [-0.2, 0) is 6.54 Å². The van der Waals surface area contributed by atoms with E-state index in [4.69, 9.17) is 21.7 Å². The van der Waals surface area contributed by atoms with Gasteiger partial charge in [-0.15, -0.1) is 0 Å². The number of benzene rings is 2. The van der Waals surface area contributed by atoms with Gasteiger partial charge < -0.3 is 24.7 Å². The third-order valence-electron chi connectivity index (χ3n) is 5.85. The number of para-hydroxylation sites is 2. The zero-order valence-electron chi connectivity index (χ0n) is 17.8. The van der Waals surface area contributed by atoms with Gasteiger partial charge in [0.15, 0.2) is 5.11 Å². The van der Waals surface area contributed by atoms with Gasteiger partial charge in [0, 0.05) is 17.7 Å². The van der Waals surface area contributed by atoms with Crippen LogP contribution in [0.2, 0.25) is 0 Å². The Hall–Kier alpha value is -3.06. The highest BCUT2D eigenvalue weighted by Crippen LogP contribution is 2.28. The Morgan fingerprint density at radius 2 is 1.90 bits per heavy atom. The minimum atomic E-state index is -0.108. The third-order valence-corrected chi connectivity index (χ3v) is 6.18. The van der Waals surface area contributed by atoms with Crippen LogP contribution in [-0.4, -0.2) is 35.3 Å². The molecule has 0 atom stereocenters. The van der Waals surface area contributed by atoms with E-state index in [1.165, 1.54) is 12.8 Å². The lowest BCUT2D eigenvalue weighted by Crippen LogP contribution is -2.42. The molecule has 0 aliphatic heterocycles. The zero-order chi connectivity index (χ0) is 21.8. The van der Waals surface area contributed by atoms with Gasteiger partial charge in [-0.05, 0) is 60.8 Å². The Labute approximate surface area is 187 Å². The second kappa shape index (κ2) is 9.39. The number of rotatable bonds is 6. The molecule has 0 amide bonds. The number of hydrogen-bond donors (Lipinski definition) is 2. The molecule has 0 spiro atoms. The third kappa shape index (κ3) is 4.66. The molecule has 162 valence electrons. The van der Waals surface area contributed by atoms with Crippen LogP contribution in [0.25, 0.3) is 10.9 Å². The SMILES string of the molecule is COc1ccc2cc(CN(C(=S)Nc3ccccc3OC)C3CCCC3)c(=O)[nH]c2c1. The molecule has 0 bridgehead atoms. The fourth-order valence-corrected chi connectivity index (χ4v) is 4.49. The first-order chi connectivity index (χ1) is 15.1. The summed E-state index contributed by atoms with van der Waals surface area (Å²) in [7, 11) is 3.25. The molecule has 3 aromatic rings. The summed E-state index contributed by atoms with van der Waals surface area (Å²) in [6.07, 6.45) is 4.48. The van der Waals surface area contributed by atoms with E-state index in [0.29, 0.717) is 29.0 Å². The molecule has 7 heteroatoms. The van der Waals surface area contributed by atoms with Crippen molar-refractivity contribution < 1.29 is 9.47 Å². The van der Waals surface area contributed by atoms with Crippen LogP contribution < -0.4 is 20.3 Å². The number of thiocarbonyl (C=S) groups is 1. The molecular weight excluding hydrogens is 410 g/mol. The van der Waals surface area contributed by atoms with Crippen LogP contribution in [0.3, 0.4) is 0 Å². The lowest BCUT2D eigenvalue weighted by molar-refractivity contribution is 0.311. The lowest BCUT2D eigenvalue weighted by Gasteiger charge is -2.32. The van der Waals surface area contributed by atoms with Crippen molar-refractivity contribution in [3.8, 4) is 11.5 Å². The molecule has 1 aliphatic rings. The van der Waals surface area contributed by atoms with E-state index in [2.05, 4.69) is 15.2 Å². The number of methoxy groups -OCH3 is 2. The zero-order valence-corrected chi connectivity index (χ0v) is 18.6. The summed E-state index contributed by atoms with van der Waals surface area (Å²) >= 11 is 5.80. The highest BCUT2D eigenvalue weighted by atomic mass is 32.1. The quantitative estimate of drug-likeness (QED) is 0.546. The van der Waals surface area contributed by atoms with Crippen LogP contribution in [0.1, 0.15) is 31.2 Å². The summed E-state index contributed by atoms with van der Waals surface area (Å²) in [5, 5.41) is 4.90. The van der Waals surface area contributed by atoms with Crippen molar-refractivity contribution in [2.45, 2.75) is 38.3 Å². The fraction of sp³-hybridized carbons (Fsp3) is 0.333. The van der Waals surface area contributed by atoms with Crippen LogP contribution in [0.4, 0.5) is 5.69 Å². The fourth-order valence-electron chi connectivity index (χ4n) is 4.17. The normalized spacial score (nSPS) is 13.9. The van der Waals surface area contributed by atoms with Crippen LogP contribution in [0.5, 0.6) is 11.5 Å². The molecule has 2 aromatic carbocycles. The number of pyridine rings is 1. The number of nitrogens with zero attached hydrogens (tertiary/aromatic N) is 1. The Morgan fingerprint density at radius 1 is 1.13 bits per heavy atom. The molecule has 1 saturated carbocycles. The van der Waals surface area contributed by atoms with E-state index < -0.39 is 0 Å². The topological polar surface area (TPSA) is 66.6 Å². The molecule has 0 radical (unpaired) electrons. The number of H-pyrrole nitrogens is 1. The molecule has 0 unspecified atom stereocenters. The Bertz CT molecular complexity index is 1140. The largest absolute Gasteiger partial charge is 0.497 e. The average molecular weight is 438 g/mol. The first kappa shape index (κ1) is 21.2. The number of nitrogens with one attached hydrogen (secondary N) is 2. The molecule has 1 heterocycles. The van der Waals surface area contributed by atoms with Crippen molar-refractivity contribution in [3.05, 3.63) is 64.4 Å². The number of aromatic amines is 1. The maximum atomic E-state index is 12.9. The van der Waals surface area contributed by atoms with Crippen molar-refractivity contribution in [1.82, 2.24) is 9.88 Å². The van der Waals surface area contributed by atoms with Crippen molar-refractivity contribution in [3.63, 3.8) is 0 Å². The molecule has 1 aromatic heterocycles. The molecule has 0 saturated heterocycles. The Balaban J connectivity index is 1.63. The Morgan fingerprint density at radius 3 is 2.65 bits per heavy atom. The summed E-state index contributed by atoms with van der Waals surface area (Å²) in [5.74, 6) is 1.44. The van der Waals surface area contributed by atoms with Gasteiger partial charge in [0.25, 0.3) is 5.56 Å². The smallest absolute Gasteiger partial charge is 0.253 e. The van der Waals surface area contributed by atoms with E-state index >= 15 is 0 Å². The van der Waals surface area contributed by atoms with Gasteiger partial charge in [-0.2, -0.15) is 0 Å². The van der Waals surface area contributed by atoms with Crippen molar-refractivity contribution in [2.75, 3.05) is 19.5 Å². The molecule has 31 heavy (non-hydrogen) atoms. The van der Waals surface area contributed by atoms with Crippen LogP contribution in [0.15, 0.2) is 53.3 Å². The first-order valence-corrected chi connectivity index (χ1v) is 10.9. The van der Waals surface area contributed by atoms with Crippen LogP contribution >= 0.6 is 12.2 Å². The van der Waals surface area contributed by atoms with Gasteiger partial charge in [-0.1, -0.05) is 25.0 Å². The molecule has 4 rings (SSSR count). The predicted molar refractivity (Wildman–Crippen MR) is 128 cm³/mol. The van der Waals surface area contributed by atoms with Gasteiger partial charge in [0.05, 0.1) is 32.0 Å². The van der Waals surface area contributed by atoms with Crippen molar-refractivity contribution in [1.29, 1.82) is 0 Å². The minimum absolute atomic E-state index is 0.108. The lowest BCUT2D eigenvalue weighted by atomic mass is 10.1. The number of hydrogen-bond acceptors (Lipinski definition) is 4. The van der Waals surface area contributed by atoms with Crippen molar-refractivity contribution in [2.24, 2.45) is 0 Å². The van der Waals surface area contributed by atoms with E-state index in [1.54, 1.807) is 14.2 Å².